The van der Waals surface area contributed by atoms with Crippen LogP contribution in [-0.4, -0.2) is 9.97 Å². The molecule has 0 fully saturated rings. The van der Waals surface area contributed by atoms with Gasteiger partial charge in [0.25, 0.3) is 0 Å². The zero-order valence-electron chi connectivity index (χ0n) is 11.9. The van der Waals surface area contributed by atoms with Crippen LogP contribution in [0.4, 0.5) is 23.3 Å². The molecule has 6 nitrogen and oxygen atoms in total. The molecule has 2 aromatic rings. The number of rotatable bonds is 0. The monoisotopic (exact) mass is 388 g/mol. The summed E-state index contributed by atoms with van der Waals surface area (Å²) in [5.41, 5.74) is 22.5. The van der Waals surface area contributed by atoms with E-state index >= 15 is 0 Å². The van der Waals surface area contributed by atoms with E-state index < -0.39 is 0 Å². The van der Waals surface area contributed by atoms with Crippen LogP contribution in [0.25, 0.3) is 0 Å². The van der Waals surface area contributed by atoms with Crippen LogP contribution in [0.5, 0.6) is 0 Å². The van der Waals surface area contributed by atoms with Gasteiger partial charge in [0, 0.05) is 0 Å². The Morgan fingerprint density at radius 3 is 1.60 bits per heavy atom. The normalized spacial score (nSPS) is 8.80. The van der Waals surface area contributed by atoms with Gasteiger partial charge in [-0.3, -0.25) is 0 Å². The average Bonchev–Trinajstić information content (AvgIpc) is 2.42. The topological polar surface area (TPSA) is 130 Å². The zero-order valence-corrected chi connectivity index (χ0v) is 14.0. The molecule has 2 rings (SSSR count). The Kier molecular flexibility index (Phi) is 8.37. The summed E-state index contributed by atoms with van der Waals surface area (Å²) in [5.74, 6) is 1.94. The highest BCUT2D eigenvalue weighted by atomic mass is 127. The molecule has 0 amide bonds. The molecule has 0 aliphatic heterocycles. The van der Waals surface area contributed by atoms with Gasteiger partial charge in [0.2, 0.25) is 0 Å². The number of aryl methyl sites for hydroxylation is 1. The molecule has 0 bridgehead atoms. The van der Waals surface area contributed by atoms with E-state index in [1.165, 1.54) is 0 Å². The van der Waals surface area contributed by atoms with Crippen LogP contribution in [0.2, 0.25) is 0 Å². The maximum Gasteiger partial charge on any atom is 0.139 e. The molecule has 0 aliphatic rings. The summed E-state index contributed by atoms with van der Waals surface area (Å²) in [7, 11) is 0. The van der Waals surface area contributed by atoms with Crippen LogP contribution >= 0.6 is 22.6 Å². The molecule has 7 heteroatoms. The Morgan fingerprint density at radius 2 is 1.25 bits per heavy atom. The van der Waals surface area contributed by atoms with E-state index in [9.17, 15) is 0 Å². The summed E-state index contributed by atoms with van der Waals surface area (Å²) in [6, 6.07) is 7.12. The maximum atomic E-state index is 5.43. The van der Waals surface area contributed by atoms with Crippen LogP contribution in [0.3, 0.4) is 0 Å². The van der Waals surface area contributed by atoms with Gasteiger partial charge in [0.1, 0.15) is 23.3 Å². The molecule has 0 unspecified atom stereocenters. The number of nitrogen functional groups attached to an aromatic ring is 4. The van der Waals surface area contributed by atoms with E-state index in [1.807, 2.05) is 32.9 Å². The lowest BCUT2D eigenvalue weighted by Crippen LogP contribution is -1.97. The fourth-order valence-electron chi connectivity index (χ4n) is 1.03. The van der Waals surface area contributed by atoms with E-state index in [1.54, 1.807) is 12.1 Å². The first kappa shape index (κ1) is 18.2. The minimum absolute atomic E-state index is 0.466. The quantitative estimate of drug-likeness (QED) is 0.513. The molecule has 2 heterocycles. The van der Waals surface area contributed by atoms with E-state index in [4.69, 9.17) is 22.9 Å². The molecule has 0 radical (unpaired) electrons. The summed E-state index contributed by atoms with van der Waals surface area (Å²) in [6.07, 6.45) is 0. The van der Waals surface area contributed by atoms with Crippen molar-refractivity contribution in [2.75, 3.05) is 22.9 Å². The average molecular weight is 388 g/mol. The third-order valence-electron chi connectivity index (χ3n) is 2.05. The second-order valence-corrected chi connectivity index (χ2v) is 4.70. The number of aromatic nitrogens is 2. The summed E-state index contributed by atoms with van der Waals surface area (Å²) >= 11 is 2.10. The Hall–Kier alpha value is -1.77. The number of hydrogen-bond acceptors (Lipinski definition) is 6. The molecule has 0 saturated carbocycles. The Bertz CT molecular complexity index is 495. The van der Waals surface area contributed by atoms with Crippen molar-refractivity contribution in [2.24, 2.45) is 0 Å². The minimum Gasteiger partial charge on any atom is -0.384 e. The molecule has 0 aliphatic carbocycles. The Morgan fingerprint density at radius 1 is 0.800 bits per heavy atom. The van der Waals surface area contributed by atoms with Crippen LogP contribution in [0.1, 0.15) is 19.4 Å². The molecular weight excluding hydrogens is 367 g/mol. The van der Waals surface area contributed by atoms with Gasteiger partial charge < -0.3 is 22.9 Å². The lowest BCUT2D eigenvalue weighted by Gasteiger charge is -1.97. The van der Waals surface area contributed by atoms with Gasteiger partial charge in [0.05, 0.1) is 3.57 Å². The predicted molar refractivity (Wildman–Crippen MR) is 94.9 cm³/mol. The second-order valence-electron chi connectivity index (χ2n) is 3.54. The van der Waals surface area contributed by atoms with Gasteiger partial charge in [-0.2, -0.15) is 0 Å². The lowest BCUT2D eigenvalue weighted by molar-refractivity contribution is 1.29. The van der Waals surface area contributed by atoms with Crippen LogP contribution in [0, 0.1) is 10.5 Å². The zero-order chi connectivity index (χ0) is 15.7. The fraction of sp³-hybridized carbons (Fsp3) is 0.231. The largest absolute Gasteiger partial charge is 0.384 e. The molecule has 0 aromatic carbocycles. The third kappa shape index (κ3) is 6.41. The molecule has 0 spiro atoms. The Labute approximate surface area is 133 Å². The maximum absolute atomic E-state index is 5.43. The standard InChI is InChI=1S/C6H9N3.C5H6IN3.C2H6/c1-4-2-3-5(7)9-6(4)8;6-3-1-2-4(7)9-5(3)8;1-2/h2-3H,1H3,(H4,7,8,9);1-2H,(H4,7,8,9);1-2H3. The molecule has 2 aromatic heterocycles. The molecule has 110 valence electrons. The van der Waals surface area contributed by atoms with Gasteiger partial charge in [-0.05, 0) is 53.3 Å². The summed E-state index contributed by atoms with van der Waals surface area (Å²) in [6.45, 7) is 5.89. The molecule has 20 heavy (non-hydrogen) atoms. The third-order valence-corrected chi connectivity index (χ3v) is 2.96. The first-order valence-corrected chi connectivity index (χ1v) is 7.14. The number of nitrogens with two attached hydrogens (primary N) is 4. The van der Waals surface area contributed by atoms with Crippen LogP contribution in [0.15, 0.2) is 24.3 Å². The molecule has 0 saturated heterocycles. The van der Waals surface area contributed by atoms with E-state index in [0.717, 1.165) is 9.13 Å². The van der Waals surface area contributed by atoms with Gasteiger partial charge in [0.15, 0.2) is 0 Å². The van der Waals surface area contributed by atoms with Gasteiger partial charge in [-0.25, -0.2) is 9.97 Å². The number of halogens is 1. The van der Waals surface area contributed by atoms with Crippen molar-refractivity contribution in [3.05, 3.63) is 33.4 Å². The van der Waals surface area contributed by atoms with Crippen molar-refractivity contribution in [3.63, 3.8) is 0 Å². The number of hydrogen-bond donors (Lipinski definition) is 4. The highest BCUT2D eigenvalue weighted by Crippen LogP contribution is 2.12. The van der Waals surface area contributed by atoms with Crippen molar-refractivity contribution in [2.45, 2.75) is 20.8 Å². The lowest BCUT2D eigenvalue weighted by atomic mass is 10.3. The van der Waals surface area contributed by atoms with Crippen molar-refractivity contribution in [3.8, 4) is 0 Å². The first-order chi connectivity index (χ1) is 9.40. The first-order valence-electron chi connectivity index (χ1n) is 6.06. The van der Waals surface area contributed by atoms with Crippen molar-refractivity contribution in [1.29, 1.82) is 0 Å². The SMILES string of the molecule is CC.Cc1ccc(N)nc1N.Nc1ccc(I)c(N)n1. The smallest absolute Gasteiger partial charge is 0.139 e. The van der Waals surface area contributed by atoms with E-state index in [-0.39, 0.29) is 0 Å². The molecule has 8 N–H and O–H groups in total. The summed E-state index contributed by atoms with van der Waals surface area (Å²) in [4.78, 5) is 7.65. The predicted octanol–water partition coefficient (Wildman–Crippen LogP) is 2.43. The number of anilines is 4. The van der Waals surface area contributed by atoms with Crippen molar-refractivity contribution >= 4 is 45.9 Å². The van der Waals surface area contributed by atoms with E-state index in [2.05, 4.69) is 32.6 Å². The fourth-order valence-corrected chi connectivity index (χ4v) is 1.33. The van der Waals surface area contributed by atoms with Crippen LogP contribution < -0.4 is 22.9 Å². The van der Waals surface area contributed by atoms with Crippen molar-refractivity contribution in [1.82, 2.24) is 9.97 Å². The van der Waals surface area contributed by atoms with Gasteiger partial charge >= 0.3 is 0 Å². The van der Waals surface area contributed by atoms with Crippen molar-refractivity contribution < 1.29 is 0 Å². The van der Waals surface area contributed by atoms with E-state index in [0.29, 0.717) is 23.3 Å². The number of nitrogens with zero attached hydrogens (tertiary/aromatic N) is 2. The Balaban J connectivity index is 0.000000321. The number of pyridine rings is 2. The van der Waals surface area contributed by atoms with Gasteiger partial charge in [-0.1, -0.05) is 19.9 Å². The highest BCUT2D eigenvalue weighted by molar-refractivity contribution is 14.1. The second kappa shape index (κ2) is 9.18. The van der Waals surface area contributed by atoms with Gasteiger partial charge in [-0.15, -0.1) is 0 Å². The molecular formula is C13H21IN6. The molecule has 0 atom stereocenters. The van der Waals surface area contributed by atoms with Crippen LogP contribution in [-0.2, 0) is 0 Å². The summed E-state index contributed by atoms with van der Waals surface area (Å²) in [5, 5.41) is 0. The highest BCUT2D eigenvalue weighted by Gasteiger charge is 1.94. The minimum atomic E-state index is 0.466. The summed E-state index contributed by atoms with van der Waals surface area (Å²) < 4.78 is 0.932.